The van der Waals surface area contributed by atoms with Crippen molar-refractivity contribution >= 4 is 50.5 Å². The predicted octanol–water partition coefficient (Wildman–Crippen LogP) is 5.50. The molecule has 0 spiro atoms. The van der Waals surface area contributed by atoms with E-state index >= 15 is 0 Å². The summed E-state index contributed by atoms with van der Waals surface area (Å²) in [4.78, 5) is 1.06. The SMILES string of the molecule is COc1ccc(C(Cl)c2ccc(Br)s2)c(Cl)c1. The molecule has 5 heteroatoms. The van der Waals surface area contributed by atoms with Gasteiger partial charge in [0.15, 0.2) is 0 Å². The van der Waals surface area contributed by atoms with Crippen LogP contribution < -0.4 is 4.74 Å². The number of thiophene rings is 1. The maximum Gasteiger partial charge on any atom is 0.120 e. The Labute approximate surface area is 122 Å². The van der Waals surface area contributed by atoms with Crippen LogP contribution in [-0.4, -0.2) is 7.11 Å². The van der Waals surface area contributed by atoms with E-state index in [2.05, 4.69) is 15.9 Å². The molecule has 2 rings (SSSR count). The Morgan fingerprint density at radius 2 is 2.06 bits per heavy atom. The molecule has 0 amide bonds. The van der Waals surface area contributed by atoms with Crippen LogP contribution >= 0.6 is 50.5 Å². The molecule has 90 valence electrons. The second kappa shape index (κ2) is 5.61. The molecule has 0 saturated heterocycles. The first-order valence-electron chi connectivity index (χ1n) is 4.84. The molecule has 17 heavy (non-hydrogen) atoms. The van der Waals surface area contributed by atoms with E-state index in [1.54, 1.807) is 24.5 Å². The minimum Gasteiger partial charge on any atom is -0.497 e. The zero-order valence-electron chi connectivity index (χ0n) is 8.91. The van der Waals surface area contributed by atoms with Crippen LogP contribution in [0.1, 0.15) is 15.8 Å². The van der Waals surface area contributed by atoms with Crippen molar-refractivity contribution in [1.82, 2.24) is 0 Å². The van der Waals surface area contributed by atoms with Gasteiger partial charge in [-0.05, 0) is 45.8 Å². The maximum atomic E-state index is 6.41. The normalized spacial score (nSPS) is 12.5. The summed E-state index contributed by atoms with van der Waals surface area (Å²) in [5, 5.41) is 0.388. The summed E-state index contributed by atoms with van der Waals surface area (Å²) in [7, 11) is 1.61. The van der Waals surface area contributed by atoms with E-state index in [-0.39, 0.29) is 5.38 Å². The minimum atomic E-state index is -0.232. The maximum absolute atomic E-state index is 6.41. The van der Waals surface area contributed by atoms with Gasteiger partial charge in [-0.2, -0.15) is 0 Å². The quantitative estimate of drug-likeness (QED) is 0.663. The molecule has 0 aliphatic heterocycles. The Bertz CT molecular complexity index is 527. The Hall–Kier alpha value is -0.220. The Morgan fingerprint density at radius 1 is 1.29 bits per heavy atom. The molecule has 0 saturated carbocycles. The van der Waals surface area contributed by atoms with Gasteiger partial charge in [0.25, 0.3) is 0 Å². The van der Waals surface area contributed by atoms with Crippen LogP contribution in [0.4, 0.5) is 0 Å². The molecule has 1 nitrogen and oxygen atoms in total. The van der Waals surface area contributed by atoms with Crippen molar-refractivity contribution in [2.75, 3.05) is 7.11 Å². The highest BCUT2D eigenvalue weighted by atomic mass is 79.9. The molecular weight excluding hydrogens is 343 g/mol. The molecule has 1 atom stereocenters. The second-order valence-electron chi connectivity index (χ2n) is 3.39. The standard InChI is InChI=1S/C12H9BrCl2OS/c1-16-7-2-3-8(9(14)6-7)12(15)10-4-5-11(13)17-10/h2-6,12H,1H3. The van der Waals surface area contributed by atoms with E-state index in [1.165, 1.54) is 0 Å². The summed E-state index contributed by atoms with van der Waals surface area (Å²) in [5.74, 6) is 0.731. The monoisotopic (exact) mass is 350 g/mol. The number of benzene rings is 1. The summed E-state index contributed by atoms with van der Waals surface area (Å²) < 4.78 is 6.17. The van der Waals surface area contributed by atoms with Crippen LogP contribution in [0.25, 0.3) is 0 Å². The van der Waals surface area contributed by atoms with Crippen LogP contribution in [0.3, 0.4) is 0 Å². The third-order valence-corrected chi connectivity index (χ3v) is 4.94. The van der Waals surface area contributed by atoms with Gasteiger partial charge in [0.05, 0.1) is 16.3 Å². The lowest BCUT2D eigenvalue weighted by molar-refractivity contribution is 0.414. The van der Waals surface area contributed by atoms with E-state index in [0.717, 1.165) is 20.0 Å². The summed E-state index contributed by atoms with van der Waals surface area (Å²) >= 11 is 17.6. The van der Waals surface area contributed by atoms with Gasteiger partial charge in [0.2, 0.25) is 0 Å². The van der Waals surface area contributed by atoms with Gasteiger partial charge in [-0.3, -0.25) is 0 Å². The van der Waals surface area contributed by atoms with Gasteiger partial charge in [-0.25, -0.2) is 0 Å². The number of rotatable bonds is 3. The number of hydrogen-bond acceptors (Lipinski definition) is 2. The summed E-state index contributed by atoms with van der Waals surface area (Å²) in [6.45, 7) is 0. The van der Waals surface area contributed by atoms with Crippen LogP contribution in [0, 0.1) is 0 Å². The first-order chi connectivity index (χ1) is 8.11. The molecule has 2 aromatic rings. The van der Waals surface area contributed by atoms with E-state index in [1.807, 2.05) is 24.3 Å². The highest BCUT2D eigenvalue weighted by molar-refractivity contribution is 9.11. The number of hydrogen-bond donors (Lipinski definition) is 0. The minimum absolute atomic E-state index is 0.232. The highest BCUT2D eigenvalue weighted by Crippen LogP contribution is 2.39. The van der Waals surface area contributed by atoms with Gasteiger partial charge in [-0.15, -0.1) is 22.9 Å². The average molecular weight is 352 g/mol. The van der Waals surface area contributed by atoms with E-state index in [4.69, 9.17) is 27.9 Å². The fourth-order valence-electron chi connectivity index (χ4n) is 1.46. The molecule has 0 bridgehead atoms. The summed E-state index contributed by atoms with van der Waals surface area (Å²) in [6.07, 6.45) is 0. The van der Waals surface area contributed by atoms with Crippen molar-refractivity contribution in [2.24, 2.45) is 0 Å². The first kappa shape index (κ1) is 13.2. The molecule has 0 N–H and O–H groups in total. The number of alkyl halides is 1. The molecule has 0 aliphatic rings. The highest BCUT2D eigenvalue weighted by Gasteiger charge is 2.16. The molecule has 1 aromatic heterocycles. The molecule has 1 aromatic carbocycles. The molecule has 0 radical (unpaired) electrons. The molecular formula is C12H9BrCl2OS. The fraction of sp³-hybridized carbons (Fsp3) is 0.167. The topological polar surface area (TPSA) is 9.23 Å². The Morgan fingerprint density at radius 3 is 2.59 bits per heavy atom. The lowest BCUT2D eigenvalue weighted by Crippen LogP contribution is -1.92. The molecule has 1 heterocycles. The zero-order valence-corrected chi connectivity index (χ0v) is 12.8. The van der Waals surface area contributed by atoms with Gasteiger partial charge in [-0.1, -0.05) is 17.7 Å². The predicted molar refractivity (Wildman–Crippen MR) is 77.7 cm³/mol. The van der Waals surface area contributed by atoms with Gasteiger partial charge in [0.1, 0.15) is 5.75 Å². The van der Waals surface area contributed by atoms with E-state index in [0.29, 0.717) is 5.02 Å². The molecule has 0 fully saturated rings. The lowest BCUT2D eigenvalue weighted by atomic mass is 10.1. The fourth-order valence-corrected chi connectivity index (χ4v) is 3.61. The van der Waals surface area contributed by atoms with Gasteiger partial charge in [0, 0.05) is 9.90 Å². The second-order valence-corrected chi connectivity index (χ2v) is 6.73. The van der Waals surface area contributed by atoms with Gasteiger partial charge < -0.3 is 4.74 Å². The summed E-state index contributed by atoms with van der Waals surface area (Å²) in [5.41, 5.74) is 0.892. The van der Waals surface area contributed by atoms with Gasteiger partial charge >= 0.3 is 0 Å². The van der Waals surface area contributed by atoms with Crippen molar-refractivity contribution in [1.29, 1.82) is 0 Å². The largest absolute Gasteiger partial charge is 0.497 e. The van der Waals surface area contributed by atoms with Crippen LogP contribution in [0.2, 0.25) is 5.02 Å². The Kier molecular flexibility index (Phi) is 4.36. The Balaban J connectivity index is 2.34. The van der Waals surface area contributed by atoms with E-state index in [9.17, 15) is 0 Å². The first-order valence-corrected chi connectivity index (χ1v) is 7.27. The van der Waals surface area contributed by atoms with Crippen LogP contribution in [-0.2, 0) is 0 Å². The number of methoxy groups -OCH3 is 1. The van der Waals surface area contributed by atoms with Crippen molar-refractivity contribution in [3.63, 3.8) is 0 Å². The molecule has 1 unspecified atom stereocenters. The third kappa shape index (κ3) is 2.97. The summed E-state index contributed by atoms with van der Waals surface area (Å²) in [6, 6.07) is 9.50. The number of ether oxygens (including phenoxy) is 1. The van der Waals surface area contributed by atoms with Crippen LogP contribution in [0.15, 0.2) is 34.1 Å². The van der Waals surface area contributed by atoms with Crippen LogP contribution in [0.5, 0.6) is 5.75 Å². The van der Waals surface area contributed by atoms with Crippen molar-refractivity contribution in [3.8, 4) is 5.75 Å². The lowest BCUT2D eigenvalue weighted by Gasteiger charge is -2.11. The number of halogens is 3. The van der Waals surface area contributed by atoms with Crippen molar-refractivity contribution < 1.29 is 4.74 Å². The zero-order chi connectivity index (χ0) is 12.4. The third-order valence-electron chi connectivity index (χ3n) is 2.32. The average Bonchev–Trinajstić information content (AvgIpc) is 2.75. The van der Waals surface area contributed by atoms with E-state index < -0.39 is 0 Å². The van der Waals surface area contributed by atoms with Crippen molar-refractivity contribution in [3.05, 3.63) is 49.6 Å². The smallest absolute Gasteiger partial charge is 0.120 e. The molecule has 0 aliphatic carbocycles. The van der Waals surface area contributed by atoms with Crippen molar-refractivity contribution in [2.45, 2.75) is 5.38 Å².